The number of rotatable bonds is 6. The van der Waals surface area contributed by atoms with Crippen molar-refractivity contribution in [2.24, 2.45) is 0 Å². The van der Waals surface area contributed by atoms with E-state index >= 15 is 0 Å². The first kappa shape index (κ1) is 20.8. The smallest absolute Gasteiger partial charge is 0.263 e. The van der Waals surface area contributed by atoms with E-state index in [1.165, 1.54) is 11.1 Å². The summed E-state index contributed by atoms with van der Waals surface area (Å²) in [6.07, 6.45) is 4.49. The molecule has 1 saturated heterocycles. The van der Waals surface area contributed by atoms with Crippen LogP contribution in [0.15, 0.2) is 54.2 Å². The van der Waals surface area contributed by atoms with Gasteiger partial charge in [0, 0.05) is 22.7 Å². The highest BCUT2D eigenvalue weighted by molar-refractivity contribution is 7.80. The second-order valence-electron chi connectivity index (χ2n) is 7.45. The fourth-order valence-corrected chi connectivity index (χ4v) is 3.90. The lowest BCUT2D eigenvalue weighted by molar-refractivity contribution is -0.123. The van der Waals surface area contributed by atoms with Gasteiger partial charge in [0.25, 0.3) is 11.8 Å². The van der Waals surface area contributed by atoms with Gasteiger partial charge in [0.05, 0.1) is 6.54 Å². The summed E-state index contributed by atoms with van der Waals surface area (Å²) in [5.74, 6) is -0.137. The van der Waals surface area contributed by atoms with Crippen molar-refractivity contribution in [2.75, 3.05) is 6.61 Å². The van der Waals surface area contributed by atoms with Crippen LogP contribution in [0.25, 0.3) is 17.0 Å². The van der Waals surface area contributed by atoms with Crippen molar-refractivity contribution in [3.05, 3.63) is 70.9 Å². The molecule has 0 spiro atoms. The molecular formula is C24H23N3O3S. The zero-order valence-electron chi connectivity index (χ0n) is 17.4. The number of para-hydroxylation sites is 1. The second-order valence-corrected chi connectivity index (χ2v) is 7.85. The van der Waals surface area contributed by atoms with Crippen LogP contribution in [-0.2, 0) is 22.6 Å². The van der Waals surface area contributed by atoms with Crippen LogP contribution < -0.4 is 15.4 Å². The highest BCUT2D eigenvalue weighted by atomic mass is 32.1. The van der Waals surface area contributed by atoms with Crippen LogP contribution in [0.3, 0.4) is 0 Å². The van der Waals surface area contributed by atoms with E-state index in [0.717, 1.165) is 28.6 Å². The highest BCUT2D eigenvalue weighted by Gasteiger charge is 2.26. The summed E-state index contributed by atoms with van der Waals surface area (Å²) < 4.78 is 8.08. The Bertz CT molecular complexity index is 1200. The van der Waals surface area contributed by atoms with E-state index in [0.29, 0.717) is 13.2 Å². The Balaban J connectivity index is 1.58. The van der Waals surface area contributed by atoms with Gasteiger partial charge in [-0.05, 0) is 61.0 Å². The second kappa shape index (κ2) is 8.73. The molecule has 1 fully saturated rings. The lowest BCUT2D eigenvalue weighted by Gasteiger charge is -2.16. The molecule has 1 aromatic heterocycles. The molecule has 3 aromatic rings. The molecule has 2 amide bonds. The minimum absolute atomic E-state index is 0.0223. The standard InChI is InChI=1S/C24H23N3O3S/c1-3-16-10-15(2)11-18(12-16)30-9-8-27-14-17(19-6-4-5-7-21(19)27)13-20-22(28)25-24(31)26-23(20)29/h4-7,10-14H,3,8-9H2,1-2H3,(H2,25,26,28,29,31). The number of carbonyl (C=O) groups excluding carboxylic acids is 2. The van der Waals surface area contributed by atoms with E-state index in [2.05, 4.69) is 41.2 Å². The molecule has 4 rings (SSSR count). The summed E-state index contributed by atoms with van der Waals surface area (Å²) in [7, 11) is 0. The van der Waals surface area contributed by atoms with Crippen LogP contribution >= 0.6 is 12.2 Å². The Morgan fingerprint density at radius 3 is 2.58 bits per heavy atom. The highest BCUT2D eigenvalue weighted by Crippen LogP contribution is 2.24. The van der Waals surface area contributed by atoms with Crippen molar-refractivity contribution < 1.29 is 14.3 Å². The summed E-state index contributed by atoms with van der Waals surface area (Å²) >= 11 is 4.86. The molecule has 1 aliphatic heterocycles. The molecular weight excluding hydrogens is 410 g/mol. The van der Waals surface area contributed by atoms with E-state index in [9.17, 15) is 9.59 Å². The van der Waals surface area contributed by atoms with Crippen molar-refractivity contribution in [1.82, 2.24) is 15.2 Å². The quantitative estimate of drug-likeness (QED) is 0.355. The Morgan fingerprint density at radius 2 is 1.84 bits per heavy atom. The normalized spacial score (nSPS) is 13.9. The van der Waals surface area contributed by atoms with Crippen molar-refractivity contribution in [3.63, 3.8) is 0 Å². The average Bonchev–Trinajstić information content (AvgIpc) is 3.08. The van der Waals surface area contributed by atoms with Crippen LogP contribution in [-0.4, -0.2) is 28.1 Å². The molecule has 1 aliphatic rings. The Morgan fingerprint density at radius 1 is 1.10 bits per heavy atom. The summed E-state index contributed by atoms with van der Waals surface area (Å²) in [4.78, 5) is 24.4. The molecule has 2 aromatic carbocycles. The third-order valence-electron chi connectivity index (χ3n) is 5.18. The van der Waals surface area contributed by atoms with Gasteiger partial charge in [0.15, 0.2) is 5.11 Å². The van der Waals surface area contributed by atoms with Gasteiger partial charge in [-0.1, -0.05) is 31.2 Å². The van der Waals surface area contributed by atoms with Gasteiger partial charge in [-0.25, -0.2) is 0 Å². The number of nitrogens with zero attached hydrogens (tertiary/aromatic N) is 1. The number of hydrogen-bond acceptors (Lipinski definition) is 4. The van der Waals surface area contributed by atoms with Gasteiger partial charge in [-0.2, -0.15) is 0 Å². The lowest BCUT2D eigenvalue weighted by atomic mass is 10.1. The van der Waals surface area contributed by atoms with Crippen LogP contribution in [0.4, 0.5) is 0 Å². The molecule has 2 heterocycles. The van der Waals surface area contributed by atoms with Crippen molar-refractivity contribution in [3.8, 4) is 5.75 Å². The topological polar surface area (TPSA) is 72.4 Å². The minimum Gasteiger partial charge on any atom is -0.492 e. The first-order valence-corrected chi connectivity index (χ1v) is 10.5. The zero-order valence-corrected chi connectivity index (χ0v) is 18.2. The Labute approximate surface area is 185 Å². The number of aromatic nitrogens is 1. The predicted octanol–water partition coefficient (Wildman–Crippen LogP) is 3.51. The first-order valence-electron chi connectivity index (χ1n) is 10.1. The molecule has 0 atom stereocenters. The summed E-state index contributed by atoms with van der Waals surface area (Å²) in [6, 6.07) is 14.1. The molecule has 31 heavy (non-hydrogen) atoms. The number of benzene rings is 2. The van der Waals surface area contributed by atoms with Gasteiger partial charge in [-0.15, -0.1) is 0 Å². The number of thiocarbonyl (C=S) groups is 1. The molecule has 0 bridgehead atoms. The van der Waals surface area contributed by atoms with Crippen LogP contribution in [0.1, 0.15) is 23.6 Å². The van der Waals surface area contributed by atoms with Crippen molar-refractivity contribution in [1.29, 1.82) is 0 Å². The maximum atomic E-state index is 12.2. The van der Waals surface area contributed by atoms with E-state index in [1.807, 2.05) is 36.5 Å². The third-order valence-corrected chi connectivity index (χ3v) is 5.39. The van der Waals surface area contributed by atoms with E-state index in [-0.39, 0.29) is 10.7 Å². The van der Waals surface area contributed by atoms with Gasteiger partial charge in [-0.3, -0.25) is 20.2 Å². The number of hydrogen-bond donors (Lipinski definition) is 2. The maximum absolute atomic E-state index is 12.2. The van der Waals surface area contributed by atoms with Crippen LogP contribution in [0.5, 0.6) is 5.75 Å². The predicted molar refractivity (Wildman–Crippen MR) is 125 cm³/mol. The third kappa shape index (κ3) is 4.51. The van der Waals surface area contributed by atoms with E-state index < -0.39 is 11.8 Å². The monoisotopic (exact) mass is 433 g/mol. The Kier molecular flexibility index (Phi) is 5.86. The fourth-order valence-electron chi connectivity index (χ4n) is 3.71. The molecule has 0 aliphatic carbocycles. The zero-order chi connectivity index (χ0) is 22.0. The molecule has 6 nitrogen and oxygen atoms in total. The van der Waals surface area contributed by atoms with Crippen molar-refractivity contribution in [2.45, 2.75) is 26.8 Å². The van der Waals surface area contributed by atoms with Gasteiger partial charge in [0.1, 0.15) is 17.9 Å². The SMILES string of the molecule is CCc1cc(C)cc(OCCn2cc(C=C3C(=O)NC(=S)NC3=O)c3ccccc32)c1. The van der Waals surface area contributed by atoms with E-state index in [4.69, 9.17) is 17.0 Å². The van der Waals surface area contributed by atoms with E-state index in [1.54, 1.807) is 6.08 Å². The summed E-state index contributed by atoms with van der Waals surface area (Å²) in [5, 5.41) is 5.91. The number of carbonyl (C=O) groups is 2. The van der Waals surface area contributed by atoms with Gasteiger partial charge in [0.2, 0.25) is 0 Å². The maximum Gasteiger partial charge on any atom is 0.263 e. The molecule has 0 radical (unpaired) electrons. The molecule has 0 saturated carbocycles. The van der Waals surface area contributed by atoms with Crippen molar-refractivity contribution >= 4 is 46.1 Å². The fraction of sp³-hybridized carbons (Fsp3) is 0.208. The number of fused-ring (bicyclic) bond motifs is 1. The Hall–Kier alpha value is -3.45. The molecule has 2 N–H and O–H groups in total. The lowest BCUT2D eigenvalue weighted by Crippen LogP contribution is -2.51. The number of amides is 2. The van der Waals surface area contributed by atoms with Crippen LogP contribution in [0.2, 0.25) is 0 Å². The molecule has 0 unspecified atom stereocenters. The largest absolute Gasteiger partial charge is 0.492 e. The average molecular weight is 434 g/mol. The summed E-state index contributed by atoms with van der Waals surface area (Å²) in [6.45, 7) is 5.31. The minimum atomic E-state index is -0.500. The molecule has 158 valence electrons. The van der Waals surface area contributed by atoms with Gasteiger partial charge < -0.3 is 9.30 Å². The summed E-state index contributed by atoms with van der Waals surface area (Å²) in [5.41, 5.74) is 4.24. The number of ether oxygens (including phenoxy) is 1. The first-order chi connectivity index (χ1) is 14.9. The number of aryl methyl sites for hydroxylation is 2. The molecule has 7 heteroatoms. The van der Waals surface area contributed by atoms with Crippen LogP contribution in [0, 0.1) is 6.92 Å². The van der Waals surface area contributed by atoms with Gasteiger partial charge >= 0.3 is 0 Å². The number of nitrogens with one attached hydrogen (secondary N) is 2.